The molecule has 0 spiro atoms. The van der Waals surface area contributed by atoms with E-state index in [2.05, 4.69) is 36.6 Å². The zero-order valence-corrected chi connectivity index (χ0v) is 19.6. The Bertz CT molecular complexity index is 1010. The van der Waals surface area contributed by atoms with Crippen LogP contribution >= 0.6 is 31.9 Å². The second-order valence-corrected chi connectivity index (χ2v) is 10.5. The minimum Gasteiger partial charge on any atom is -0.460 e. The van der Waals surface area contributed by atoms with Gasteiger partial charge in [-0.05, 0) is 60.9 Å². The monoisotopic (exact) mass is 564 g/mol. The molecule has 0 bridgehead atoms. The molecule has 2 aromatic carbocycles. The highest BCUT2D eigenvalue weighted by Crippen LogP contribution is 2.60. The molecule has 0 heterocycles. The number of ether oxygens (including phenoxy) is 2. The first-order valence-corrected chi connectivity index (χ1v) is 10.8. The van der Waals surface area contributed by atoms with E-state index in [9.17, 15) is 18.0 Å². The molecule has 3 rings (SSSR count). The van der Waals surface area contributed by atoms with Crippen molar-refractivity contribution in [3.8, 4) is 16.9 Å². The van der Waals surface area contributed by atoms with Crippen molar-refractivity contribution < 1.29 is 31.8 Å². The van der Waals surface area contributed by atoms with Gasteiger partial charge < -0.3 is 9.47 Å². The van der Waals surface area contributed by atoms with Gasteiger partial charge in [0.05, 0.1) is 9.31 Å². The third kappa shape index (κ3) is 5.68. The van der Waals surface area contributed by atoms with Gasteiger partial charge in [-0.2, -0.15) is 0 Å². The first-order valence-electron chi connectivity index (χ1n) is 9.23. The standard InChI is InChI=1S/C22H18Br2F4O3/c1-21(2)16(10-17(23)24)18(21)20(29)30-11-13-6-4-8-15(19(13)25)12-5-3-7-14(9-12)31-22(26,27)28/h3-10,16,18H,11H2,1-2H3/t16?,18-/m0/s1. The van der Waals surface area contributed by atoms with Crippen LogP contribution in [0.5, 0.6) is 5.75 Å². The number of alkyl halides is 3. The van der Waals surface area contributed by atoms with Crippen molar-refractivity contribution in [2.75, 3.05) is 0 Å². The molecule has 9 heteroatoms. The van der Waals surface area contributed by atoms with E-state index in [4.69, 9.17) is 4.74 Å². The summed E-state index contributed by atoms with van der Waals surface area (Å²) in [6.45, 7) is 3.61. The molecule has 3 nitrogen and oxygen atoms in total. The maximum absolute atomic E-state index is 15.0. The Hall–Kier alpha value is -1.87. The van der Waals surface area contributed by atoms with Gasteiger partial charge >= 0.3 is 12.3 Å². The molecule has 31 heavy (non-hydrogen) atoms. The maximum atomic E-state index is 15.0. The molecule has 2 aromatic rings. The molecule has 1 fully saturated rings. The fourth-order valence-corrected chi connectivity index (χ4v) is 4.16. The maximum Gasteiger partial charge on any atom is 0.573 e. The van der Waals surface area contributed by atoms with Gasteiger partial charge in [0.25, 0.3) is 0 Å². The quantitative estimate of drug-likeness (QED) is 0.271. The normalized spacial score (nSPS) is 19.5. The molecule has 2 atom stereocenters. The zero-order chi connectivity index (χ0) is 23.0. The first kappa shape index (κ1) is 23.8. The van der Waals surface area contributed by atoms with Crippen LogP contribution in [0, 0.1) is 23.1 Å². The Kier molecular flexibility index (Phi) is 6.86. The van der Waals surface area contributed by atoms with Gasteiger partial charge in [0.2, 0.25) is 0 Å². The van der Waals surface area contributed by atoms with Gasteiger partial charge in [0, 0.05) is 11.1 Å². The SMILES string of the molecule is CC1(C)C(C=C(Br)Br)[C@H]1C(=O)OCc1cccc(-c2cccc(OC(F)(F)F)c2)c1F. The molecule has 0 aliphatic heterocycles. The number of carbonyl (C=O) groups is 1. The summed E-state index contributed by atoms with van der Waals surface area (Å²) in [6, 6.07) is 9.50. The van der Waals surface area contributed by atoms with E-state index in [-0.39, 0.29) is 40.5 Å². The average Bonchev–Trinajstić information content (AvgIpc) is 3.18. The summed E-state index contributed by atoms with van der Waals surface area (Å²) in [5, 5.41) is 0. The first-order chi connectivity index (χ1) is 14.4. The summed E-state index contributed by atoms with van der Waals surface area (Å²) < 4.78 is 62.4. The van der Waals surface area contributed by atoms with Crippen molar-refractivity contribution in [2.24, 2.45) is 17.3 Å². The molecule has 0 radical (unpaired) electrons. The van der Waals surface area contributed by atoms with Crippen molar-refractivity contribution in [3.05, 3.63) is 63.3 Å². The summed E-state index contributed by atoms with van der Waals surface area (Å²) in [7, 11) is 0. The van der Waals surface area contributed by atoms with Crippen LogP contribution in [0.15, 0.2) is 51.9 Å². The number of carbonyl (C=O) groups excluding carboxylic acids is 1. The largest absolute Gasteiger partial charge is 0.573 e. The van der Waals surface area contributed by atoms with Crippen molar-refractivity contribution >= 4 is 37.8 Å². The van der Waals surface area contributed by atoms with Crippen molar-refractivity contribution in [1.82, 2.24) is 0 Å². The molecular weight excluding hydrogens is 548 g/mol. The summed E-state index contributed by atoms with van der Waals surface area (Å²) in [4.78, 5) is 12.5. The van der Waals surface area contributed by atoms with E-state index < -0.39 is 23.9 Å². The lowest BCUT2D eigenvalue weighted by Crippen LogP contribution is -2.17. The Morgan fingerprint density at radius 1 is 1.16 bits per heavy atom. The van der Waals surface area contributed by atoms with Crippen LogP contribution < -0.4 is 4.74 Å². The van der Waals surface area contributed by atoms with Crippen LogP contribution in [0.1, 0.15) is 19.4 Å². The van der Waals surface area contributed by atoms with Crippen LogP contribution in [0.3, 0.4) is 0 Å². The number of benzene rings is 2. The van der Waals surface area contributed by atoms with E-state index in [1.54, 1.807) is 6.07 Å². The molecular formula is C22H18Br2F4O3. The smallest absolute Gasteiger partial charge is 0.460 e. The van der Waals surface area contributed by atoms with Crippen LogP contribution in [0.25, 0.3) is 11.1 Å². The topological polar surface area (TPSA) is 35.5 Å². The third-order valence-corrected chi connectivity index (χ3v) is 5.83. The summed E-state index contributed by atoms with van der Waals surface area (Å²) in [5.41, 5.74) is 0.142. The predicted octanol–water partition coefficient (Wildman–Crippen LogP) is 7.34. The molecule has 0 amide bonds. The minimum absolute atomic E-state index is 0.0127. The van der Waals surface area contributed by atoms with Crippen LogP contribution in [0.4, 0.5) is 17.6 Å². The number of allylic oxidation sites excluding steroid dienone is 1. The van der Waals surface area contributed by atoms with E-state index in [1.807, 2.05) is 19.9 Å². The molecule has 0 N–H and O–H groups in total. The van der Waals surface area contributed by atoms with Crippen molar-refractivity contribution in [3.63, 3.8) is 0 Å². The molecule has 166 valence electrons. The van der Waals surface area contributed by atoms with E-state index in [0.29, 0.717) is 0 Å². The van der Waals surface area contributed by atoms with E-state index in [1.165, 1.54) is 24.3 Å². The second-order valence-electron chi connectivity index (χ2n) is 7.74. The Morgan fingerprint density at radius 2 is 1.84 bits per heavy atom. The van der Waals surface area contributed by atoms with Crippen LogP contribution in [-0.2, 0) is 16.1 Å². The fourth-order valence-electron chi connectivity index (χ4n) is 3.59. The third-order valence-electron chi connectivity index (χ3n) is 5.30. The summed E-state index contributed by atoms with van der Waals surface area (Å²) in [6.07, 6.45) is -2.97. The highest BCUT2D eigenvalue weighted by atomic mass is 79.9. The molecule has 1 saturated carbocycles. The molecule has 1 unspecified atom stereocenters. The van der Waals surface area contributed by atoms with Gasteiger partial charge in [-0.3, -0.25) is 4.79 Å². The Balaban J connectivity index is 1.74. The lowest BCUT2D eigenvalue weighted by atomic mass is 10.0. The summed E-state index contributed by atoms with van der Waals surface area (Å²) in [5.74, 6) is -1.91. The number of hydrogen-bond acceptors (Lipinski definition) is 3. The van der Waals surface area contributed by atoms with Gasteiger partial charge in [-0.1, -0.05) is 50.3 Å². The van der Waals surface area contributed by atoms with Crippen molar-refractivity contribution in [2.45, 2.75) is 26.8 Å². The lowest BCUT2D eigenvalue weighted by molar-refractivity contribution is -0.274. The molecule has 1 aliphatic rings. The predicted molar refractivity (Wildman–Crippen MR) is 115 cm³/mol. The zero-order valence-electron chi connectivity index (χ0n) is 16.5. The Labute approximate surface area is 193 Å². The van der Waals surface area contributed by atoms with Gasteiger partial charge in [0.15, 0.2) is 0 Å². The molecule has 0 aromatic heterocycles. The number of hydrogen-bond donors (Lipinski definition) is 0. The van der Waals surface area contributed by atoms with E-state index in [0.717, 1.165) is 15.5 Å². The highest BCUT2D eigenvalue weighted by Gasteiger charge is 2.61. The van der Waals surface area contributed by atoms with Gasteiger partial charge in [0.1, 0.15) is 18.2 Å². The molecule has 0 saturated heterocycles. The average molecular weight is 566 g/mol. The minimum atomic E-state index is -4.85. The molecule has 1 aliphatic carbocycles. The highest BCUT2D eigenvalue weighted by molar-refractivity contribution is 9.28. The van der Waals surface area contributed by atoms with Gasteiger partial charge in [-0.25, -0.2) is 4.39 Å². The number of esters is 1. The second kappa shape index (κ2) is 8.94. The fraction of sp³-hybridized carbons (Fsp3) is 0.318. The van der Waals surface area contributed by atoms with Crippen LogP contribution in [0.2, 0.25) is 0 Å². The van der Waals surface area contributed by atoms with E-state index >= 15 is 4.39 Å². The number of rotatable bonds is 6. The number of halogens is 6. The summed E-state index contributed by atoms with van der Waals surface area (Å²) >= 11 is 6.57. The van der Waals surface area contributed by atoms with Gasteiger partial charge in [-0.15, -0.1) is 13.2 Å². The van der Waals surface area contributed by atoms with Crippen molar-refractivity contribution in [1.29, 1.82) is 0 Å². The Morgan fingerprint density at radius 3 is 2.48 bits per heavy atom. The lowest BCUT2D eigenvalue weighted by Gasteiger charge is -2.12. The van der Waals surface area contributed by atoms with Crippen LogP contribution in [-0.4, -0.2) is 12.3 Å².